The average molecular weight is 289 g/mol. The second kappa shape index (κ2) is 6.51. The quantitative estimate of drug-likeness (QED) is 0.781. The van der Waals surface area contributed by atoms with Crippen molar-refractivity contribution in [3.8, 4) is 0 Å². The van der Waals surface area contributed by atoms with E-state index in [-0.39, 0.29) is 0 Å². The summed E-state index contributed by atoms with van der Waals surface area (Å²) in [5, 5.41) is 8.65. The number of hydrogen-bond donors (Lipinski definition) is 1. The van der Waals surface area contributed by atoms with Crippen LogP contribution in [0.4, 0.5) is 0 Å². The Morgan fingerprint density at radius 1 is 1.19 bits per heavy atom. The van der Waals surface area contributed by atoms with E-state index < -0.39 is 0 Å². The molecule has 21 heavy (non-hydrogen) atoms. The monoisotopic (exact) mass is 289 g/mol. The molecule has 2 fully saturated rings. The number of nitrogens with one attached hydrogen (secondary N) is 1. The summed E-state index contributed by atoms with van der Waals surface area (Å²) in [6.07, 6.45) is 13.9. The van der Waals surface area contributed by atoms with Crippen LogP contribution in [-0.4, -0.2) is 22.4 Å². The largest absolute Gasteiger partial charge is 0.313 e. The van der Waals surface area contributed by atoms with Crippen LogP contribution in [0.5, 0.6) is 0 Å². The van der Waals surface area contributed by atoms with Gasteiger partial charge in [-0.05, 0) is 56.4 Å². The van der Waals surface area contributed by atoms with Gasteiger partial charge in [-0.1, -0.05) is 26.7 Å². The second-order valence-electron chi connectivity index (χ2n) is 7.26. The first kappa shape index (κ1) is 15.1. The summed E-state index contributed by atoms with van der Waals surface area (Å²) < 4.78 is 2.24. The summed E-state index contributed by atoms with van der Waals surface area (Å²) in [6, 6.07) is 3.73. The Hall–Kier alpha value is -0.830. The lowest BCUT2D eigenvalue weighted by atomic mass is 9.78. The van der Waals surface area contributed by atoms with Crippen LogP contribution in [0, 0.1) is 5.41 Å². The molecule has 1 aromatic heterocycles. The van der Waals surface area contributed by atoms with Gasteiger partial charge in [0.2, 0.25) is 0 Å². The summed E-state index contributed by atoms with van der Waals surface area (Å²) in [7, 11) is 0. The fourth-order valence-corrected chi connectivity index (χ4v) is 3.69. The Bertz CT molecular complexity index is 437. The topological polar surface area (TPSA) is 29.9 Å². The molecule has 0 aliphatic heterocycles. The third-order valence-electron chi connectivity index (χ3n) is 5.76. The molecule has 0 saturated heterocycles. The van der Waals surface area contributed by atoms with Gasteiger partial charge in [-0.25, -0.2) is 0 Å². The van der Waals surface area contributed by atoms with Gasteiger partial charge in [0.1, 0.15) is 0 Å². The van der Waals surface area contributed by atoms with Crippen molar-refractivity contribution in [2.75, 3.05) is 6.54 Å². The third-order valence-corrected chi connectivity index (χ3v) is 5.76. The molecule has 0 bridgehead atoms. The minimum absolute atomic E-state index is 0.386. The molecular weight excluding hydrogens is 258 g/mol. The lowest BCUT2D eigenvalue weighted by molar-refractivity contribution is 0.242. The standard InChI is InChI=1S/C18H31N3/c1-3-18(4-2,14-19-15-9-10-15)13-16-11-12-21(20-16)17-7-5-6-8-17/h11-12,15,17,19H,3-10,13-14H2,1-2H3. The van der Waals surface area contributed by atoms with Crippen LogP contribution < -0.4 is 5.32 Å². The second-order valence-corrected chi connectivity index (χ2v) is 7.26. The molecule has 3 rings (SSSR count). The van der Waals surface area contributed by atoms with E-state index in [0.717, 1.165) is 19.0 Å². The van der Waals surface area contributed by atoms with Crippen LogP contribution in [0.1, 0.15) is 76.9 Å². The third kappa shape index (κ3) is 3.68. The number of nitrogens with zero attached hydrogens (tertiary/aromatic N) is 2. The molecule has 3 heteroatoms. The molecule has 2 saturated carbocycles. The van der Waals surface area contributed by atoms with Gasteiger partial charge in [0.15, 0.2) is 0 Å². The van der Waals surface area contributed by atoms with Crippen molar-refractivity contribution >= 4 is 0 Å². The SMILES string of the molecule is CCC(CC)(CNC1CC1)Cc1ccn(C2CCCC2)n1. The maximum Gasteiger partial charge on any atom is 0.0630 e. The van der Waals surface area contributed by atoms with Gasteiger partial charge in [0.05, 0.1) is 11.7 Å². The summed E-state index contributed by atoms with van der Waals surface area (Å²) in [5.74, 6) is 0. The Kier molecular flexibility index (Phi) is 4.68. The molecule has 0 atom stereocenters. The number of hydrogen-bond acceptors (Lipinski definition) is 2. The first-order valence-electron chi connectivity index (χ1n) is 9.02. The highest BCUT2D eigenvalue weighted by molar-refractivity contribution is 5.05. The van der Waals surface area contributed by atoms with E-state index >= 15 is 0 Å². The molecule has 118 valence electrons. The van der Waals surface area contributed by atoms with Gasteiger partial charge in [0, 0.05) is 18.8 Å². The van der Waals surface area contributed by atoms with E-state index in [1.807, 2.05) is 0 Å². The van der Waals surface area contributed by atoms with Gasteiger partial charge in [-0.2, -0.15) is 5.10 Å². The molecule has 0 radical (unpaired) electrons. The zero-order valence-electron chi connectivity index (χ0n) is 13.8. The fourth-order valence-electron chi connectivity index (χ4n) is 3.69. The fraction of sp³-hybridized carbons (Fsp3) is 0.833. The molecule has 0 amide bonds. The van der Waals surface area contributed by atoms with E-state index in [4.69, 9.17) is 5.10 Å². The normalized spacial score (nSPS) is 20.3. The first-order valence-corrected chi connectivity index (χ1v) is 9.02. The van der Waals surface area contributed by atoms with Gasteiger partial charge >= 0.3 is 0 Å². The predicted molar refractivity (Wildman–Crippen MR) is 87.5 cm³/mol. The van der Waals surface area contributed by atoms with Crippen LogP contribution in [0.2, 0.25) is 0 Å². The van der Waals surface area contributed by atoms with Crippen LogP contribution >= 0.6 is 0 Å². The molecule has 1 heterocycles. The van der Waals surface area contributed by atoms with Gasteiger partial charge in [-0.15, -0.1) is 0 Å². The van der Waals surface area contributed by atoms with Crippen LogP contribution in [-0.2, 0) is 6.42 Å². The number of rotatable bonds is 8. The van der Waals surface area contributed by atoms with E-state index in [2.05, 4.69) is 36.1 Å². The van der Waals surface area contributed by atoms with Crippen molar-refractivity contribution < 1.29 is 0 Å². The highest BCUT2D eigenvalue weighted by atomic mass is 15.3. The first-order chi connectivity index (χ1) is 10.2. The van der Waals surface area contributed by atoms with E-state index in [1.54, 1.807) is 0 Å². The van der Waals surface area contributed by atoms with Crippen molar-refractivity contribution in [2.24, 2.45) is 5.41 Å². The zero-order chi connectivity index (χ0) is 14.7. The maximum atomic E-state index is 4.90. The van der Waals surface area contributed by atoms with Crippen molar-refractivity contribution in [1.29, 1.82) is 0 Å². The summed E-state index contributed by atoms with van der Waals surface area (Å²) >= 11 is 0. The van der Waals surface area contributed by atoms with Crippen LogP contribution in [0.25, 0.3) is 0 Å². The molecule has 1 aromatic rings. The minimum atomic E-state index is 0.386. The molecule has 3 nitrogen and oxygen atoms in total. The van der Waals surface area contributed by atoms with E-state index in [0.29, 0.717) is 11.5 Å². The smallest absolute Gasteiger partial charge is 0.0630 e. The molecule has 1 N–H and O–H groups in total. The molecular formula is C18H31N3. The molecule has 2 aliphatic rings. The van der Waals surface area contributed by atoms with Crippen molar-refractivity contribution in [3.05, 3.63) is 18.0 Å². The van der Waals surface area contributed by atoms with E-state index in [1.165, 1.54) is 57.1 Å². The van der Waals surface area contributed by atoms with Crippen molar-refractivity contribution in [2.45, 2.75) is 83.7 Å². The summed E-state index contributed by atoms with van der Waals surface area (Å²) in [5.41, 5.74) is 1.68. The van der Waals surface area contributed by atoms with Gasteiger partial charge in [0.25, 0.3) is 0 Å². The van der Waals surface area contributed by atoms with E-state index in [9.17, 15) is 0 Å². The molecule has 2 aliphatic carbocycles. The van der Waals surface area contributed by atoms with Gasteiger partial charge in [-0.3, -0.25) is 4.68 Å². The Balaban J connectivity index is 1.63. The average Bonchev–Trinajstić information content (AvgIpc) is 3.00. The highest BCUT2D eigenvalue weighted by Crippen LogP contribution is 2.33. The van der Waals surface area contributed by atoms with Crippen LogP contribution in [0.3, 0.4) is 0 Å². The zero-order valence-corrected chi connectivity index (χ0v) is 13.8. The summed E-state index contributed by atoms with van der Waals surface area (Å²) in [6.45, 7) is 5.83. The van der Waals surface area contributed by atoms with Crippen molar-refractivity contribution in [1.82, 2.24) is 15.1 Å². The lowest BCUT2D eigenvalue weighted by Crippen LogP contribution is -2.36. The highest BCUT2D eigenvalue weighted by Gasteiger charge is 2.31. The predicted octanol–water partition coefficient (Wildman–Crippen LogP) is 4.10. The Morgan fingerprint density at radius 3 is 2.52 bits per heavy atom. The molecule has 0 unspecified atom stereocenters. The van der Waals surface area contributed by atoms with Crippen LogP contribution in [0.15, 0.2) is 12.3 Å². The molecule has 0 spiro atoms. The summed E-state index contributed by atoms with van der Waals surface area (Å²) in [4.78, 5) is 0. The Morgan fingerprint density at radius 2 is 1.90 bits per heavy atom. The minimum Gasteiger partial charge on any atom is -0.313 e. The van der Waals surface area contributed by atoms with Gasteiger partial charge < -0.3 is 5.32 Å². The van der Waals surface area contributed by atoms with Crippen molar-refractivity contribution in [3.63, 3.8) is 0 Å². The number of aromatic nitrogens is 2. The maximum absolute atomic E-state index is 4.90. The Labute approximate surface area is 129 Å². The lowest BCUT2D eigenvalue weighted by Gasteiger charge is -2.31. The molecule has 0 aromatic carbocycles.